The summed E-state index contributed by atoms with van der Waals surface area (Å²) >= 11 is 1.57. The van der Waals surface area contributed by atoms with Gasteiger partial charge in [0.25, 0.3) is 0 Å². The summed E-state index contributed by atoms with van der Waals surface area (Å²) in [6, 6.07) is 18.7. The van der Waals surface area contributed by atoms with E-state index >= 15 is 0 Å². The van der Waals surface area contributed by atoms with Gasteiger partial charge in [0.1, 0.15) is 5.75 Å². The van der Waals surface area contributed by atoms with Gasteiger partial charge in [-0.05, 0) is 81.4 Å². The molecule has 1 aliphatic heterocycles. The van der Waals surface area contributed by atoms with Crippen molar-refractivity contribution >= 4 is 23.2 Å². The number of fused-ring (bicyclic) bond motifs is 1. The molecule has 1 aliphatic rings. The Hall–Kier alpha value is -3.91. The van der Waals surface area contributed by atoms with Gasteiger partial charge in [0.2, 0.25) is 5.91 Å². The van der Waals surface area contributed by atoms with Crippen molar-refractivity contribution in [1.82, 2.24) is 4.90 Å². The van der Waals surface area contributed by atoms with E-state index in [9.17, 15) is 22.8 Å². The highest BCUT2D eigenvalue weighted by molar-refractivity contribution is 7.08. The third-order valence-corrected chi connectivity index (χ3v) is 7.09. The number of esters is 1. The maximum absolute atomic E-state index is 13.0. The highest BCUT2D eigenvalue weighted by Crippen LogP contribution is 2.32. The molecule has 4 aromatic rings. The molecule has 2 heterocycles. The van der Waals surface area contributed by atoms with Crippen LogP contribution in [0.3, 0.4) is 0 Å². The molecule has 1 amide bonds. The lowest BCUT2D eigenvalue weighted by Gasteiger charge is -2.29. The fraction of sp³-hybridized carbons (Fsp3) is 0.172. The molecule has 0 bridgehead atoms. The quantitative estimate of drug-likeness (QED) is 0.215. The average Bonchev–Trinajstić information content (AvgIpc) is 3.41. The highest BCUT2D eigenvalue weighted by Gasteiger charge is 2.30. The summed E-state index contributed by atoms with van der Waals surface area (Å²) in [5.74, 6) is -0.137. The van der Waals surface area contributed by atoms with Crippen LogP contribution in [0.15, 0.2) is 83.6 Å². The van der Waals surface area contributed by atoms with Crippen molar-refractivity contribution in [3.63, 3.8) is 0 Å². The van der Waals surface area contributed by atoms with Crippen molar-refractivity contribution < 1.29 is 27.5 Å². The molecule has 37 heavy (non-hydrogen) atoms. The van der Waals surface area contributed by atoms with Gasteiger partial charge >= 0.3 is 12.1 Å². The number of thiophene rings is 1. The number of hydrogen-bond acceptors (Lipinski definition) is 4. The maximum Gasteiger partial charge on any atom is 0.416 e. The van der Waals surface area contributed by atoms with E-state index in [1.54, 1.807) is 41.7 Å². The first-order valence-corrected chi connectivity index (χ1v) is 12.6. The SMILES string of the molecule is O=C(Oc1ccc2c(c1)CCN(C(=O)Cc1ccsc1)C2)c1ccccc1-c1ccc(C(F)(F)F)cc1. The molecule has 4 nitrogen and oxygen atoms in total. The number of ether oxygens (including phenoxy) is 1. The predicted octanol–water partition coefficient (Wildman–Crippen LogP) is 6.78. The van der Waals surface area contributed by atoms with E-state index in [1.165, 1.54) is 12.1 Å². The first kappa shape index (κ1) is 24.8. The van der Waals surface area contributed by atoms with Crippen LogP contribution >= 0.6 is 11.3 Å². The number of nitrogens with zero attached hydrogens (tertiary/aromatic N) is 1. The Kier molecular flexibility index (Phi) is 6.84. The van der Waals surface area contributed by atoms with Crippen molar-refractivity contribution in [3.8, 4) is 16.9 Å². The molecule has 5 rings (SSSR count). The van der Waals surface area contributed by atoms with Gasteiger partial charge in [-0.25, -0.2) is 4.79 Å². The molecule has 0 saturated carbocycles. The standard InChI is InChI=1S/C29H22F3NO3S/c30-29(31,32)23-8-5-20(6-9-23)25-3-1-2-4-26(25)28(35)36-24-10-7-22-17-33(13-11-21(22)16-24)27(34)15-19-12-14-37-18-19/h1-10,12,14,16,18H,11,13,15,17H2. The minimum Gasteiger partial charge on any atom is -0.423 e. The lowest BCUT2D eigenvalue weighted by Crippen LogP contribution is -2.36. The Morgan fingerprint density at radius 3 is 2.46 bits per heavy atom. The van der Waals surface area contributed by atoms with Gasteiger partial charge in [-0.15, -0.1) is 0 Å². The summed E-state index contributed by atoms with van der Waals surface area (Å²) in [5.41, 5.74) is 3.51. The third-order valence-electron chi connectivity index (χ3n) is 6.36. The van der Waals surface area contributed by atoms with Crippen LogP contribution in [0.1, 0.15) is 32.6 Å². The van der Waals surface area contributed by atoms with E-state index in [-0.39, 0.29) is 11.5 Å². The number of carbonyl (C=O) groups is 2. The third kappa shape index (κ3) is 5.59. The second-order valence-electron chi connectivity index (χ2n) is 8.81. The molecule has 0 unspecified atom stereocenters. The van der Waals surface area contributed by atoms with Crippen LogP contribution in [0, 0.1) is 0 Å². The molecule has 0 radical (unpaired) electrons. The first-order chi connectivity index (χ1) is 17.8. The van der Waals surface area contributed by atoms with Crippen LogP contribution in [0.4, 0.5) is 13.2 Å². The fourth-order valence-electron chi connectivity index (χ4n) is 4.40. The van der Waals surface area contributed by atoms with Crippen LogP contribution in [0.2, 0.25) is 0 Å². The number of carbonyl (C=O) groups excluding carboxylic acids is 2. The van der Waals surface area contributed by atoms with E-state index in [0.29, 0.717) is 42.8 Å². The van der Waals surface area contributed by atoms with Gasteiger partial charge < -0.3 is 9.64 Å². The zero-order valence-corrected chi connectivity index (χ0v) is 20.4. The van der Waals surface area contributed by atoms with Gasteiger partial charge in [0.05, 0.1) is 17.5 Å². The number of rotatable bonds is 5. The van der Waals surface area contributed by atoms with E-state index in [1.807, 2.05) is 33.9 Å². The average molecular weight is 522 g/mol. The summed E-state index contributed by atoms with van der Waals surface area (Å²) in [6.07, 6.45) is -3.40. The largest absolute Gasteiger partial charge is 0.423 e. The Labute approximate surface area is 215 Å². The highest BCUT2D eigenvalue weighted by atomic mass is 32.1. The van der Waals surface area contributed by atoms with Gasteiger partial charge in [0, 0.05) is 13.1 Å². The van der Waals surface area contributed by atoms with E-state index in [4.69, 9.17) is 4.74 Å². The van der Waals surface area contributed by atoms with Gasteiger partial charge in [-0.2, -0.15) is 24.5 Å². The summed E-state index contributed by atoms with van der Waals surface area (Å²) in [5, 5.41) is 3.94. The van der Waals surface area contributed by atoms with Crippen LogP contribution in [0.5, 0.6) is 5.75 Å². The summed E-state index contributed by atoms with van der Waals surface area (Å²) in [4.78, 5) is 27.5. The normalized spacial score (nSPS) is 13.2. The molecule has 0 saturated heterocycles. The van der Waals surface area contributed by atoms with Crippen LogP contribution in [0.25, 0.3) is 11.1 Å². The Morgan fingerprint density at radius 2 is 1.73 bits per heavy atom. The molecular weight excluding hydrogens is 499 g/mol. The van der Waals surface area contributed by atoms with Crippen molar-refractivity contribution in [2.24, 2.45) is 0 Å². The van der Waals surface area contributed by atoms with Crippen molar-refractivity contribution in [2.45, 2.75) is 25.6 Å². The van der Waals surface area contributed by atoms with Crippen LogP contribution in [-0.2, 0) is 30.4 Å². The summed E-state index contributed by atoms with van der Waals surface area (Å²) < 4.78 is 44.5. The Balaban J connectivity index is 1.29. The van der Waals surface area contributed by atoms with Gasteiger partial charge in [0.15, 0.2) is 0 Å². The molecule has 0 aliphatic carbocycles. The van der Waals surface area contributed by atoms with Crippen LogP contribution < -0.4 is 4.74 Å². The molecule has 8 heteroatoms. The zero-order valence-electron chi connectivity index (χ0n) is 19.6. The molecule has 3 aromatic carbocycles. The van der Waals surface area contributed by atoms with Crippen molar-refractivity contribution in [3.05, 3.63) is 111 Å². The molecular formula is C29H22F3NO3S. The molecule has 0 fully saturated rings. The fourth-order valence-corrected chi connectivity index (χ4v) is 5.07. The summed E-state index contributed by atoms with van der Waals surface area (Å²) in [6.45, 7) is 1.09. The second-order valence-corrected chi connectivity index (χ2v) is 9.59. The summed E-state index contributed by atoms with van der Waals surface area (Å²) in [7, 11) is 0. The Bertz CT molecular complexity index is 1430. The van der Waals surface area contributed by atoms with E-state index in [2.05, 4.69) is 0 Å². The lowest BCUT2D eigenvalue weighted by molar-refractivity contribution is -0.137. The van der Waals surface area contributed by atoms with Gasteiger partial charge in [-0.1, -0.05) is 36.4 Å². The number of halogens is 3. The predicted molar refractivity (Wildman–Crippen MR) is 135 cm³/mol. The molecule has 0 atom stereocenters. The second kappa shape index (κ2) is 10.2. The zero-order chi connectivity index (χ0) is 26.0. The number of alkyl halides is 3. The van der Waals surface area contributed by atoms with Crippen molar-refractivity contribution in [1.29, 1.82) is 0 Å². The number of amides is 1. The minimum atomic E-state index is -4.43. The lowest BCUT2D eigenvalue weighted by atomic mass is 9.98. The van der Waals surface area contributed by atoms with Gasteiger partial charge in [-0.3, -0.25) is 4.79 Å². The Morgan fingerprint density at radius 1 is 0.946 bits per heavy atom. The maximum atomic E-state index is 13.0. The van der Waals surface area contributed by atoms with E-state index < -0.39 is 17.7 Å². The number of benzene rings is 3. The minimum absolute atomic E-state index is 0.0828. The molecule has 1 aromatic heterocycles. The molecule has 0 N–H and O–H groups in total. The first-order valence-electron chi connectivity index (χ1n) is 11.7. The van der Waals surface area contributed by atoms with Crippen LogP contribution in [-0.4, -0.2) is 23.3 Å². The van der Waals surface area contributed by atoms with E-state index in [0.717, 1.165) is 28.8 Å². The topological polar surface area (TPSA) is 46.6 Å². The number of hydrogen-bond donors (Lipinski definition) is 0. The molecule has 0 spiro atoms. The van der Waals surface area contributed by atoms with Crippen molar-refractivity contribution in [2.75, 3.05) is 6.54 Å². The monoisotopic (exact) mass is 521 g/mol. The molecule has 188 valence electrons. The smallest absolute Gasteiger partial charge is 0.416 e.